The van der Waals surface area contributed by atoms with Crippen LogP contribution in [0.15, 0.2) is 17.7 Å². The van der Waals surface area contributed by atoms with Crippen molar-refractivity contribution >= 4 is 39.9 Å². The van der Waals surface area contributed by atoms with Crippen LogP contribution in [0.5, 0.6) is 0 Å². The minimum Gasteiger partial charge on any atom is -0.393 e. The number of thiazole rings is 1. The van der Waals surface area contributed by atoms with Gasteiger partial charge in [-0.05, 0) is 26.3 Å². The average Bonchev–Trinajstić information content (AvgIpc) is 2.85. The second-order valence-electron chi connectivity index (χ2n) is 4.67. The molecule has 2 aromatic rings. The summed E-state index contributed by atoms with van der Waals surface area (Å²) in [6.07, 6.45) is 4.99. The van der Waals surface area contributed by atoms with Gasteiger partial charge in [0.2, 0.25) is 5.91 Å². The highest BCUT2D eigenvalue weighted by molar-refractivity contribution is 7.15. The fourth-order valence-corrected chi connectivity index (χ4v) is 2.95. The van der Waals surface area contributed by atoms with Gasteiger partial charge in [-0.25, -0.2) is 4.98 Å². The van der Waals surface area contributed by atoms with Crippen LogP contribution in [0.4, 0.5) is 0 Å². The van der Waals surface area contributed by atoms with Crippen molar-refractivity contribution in [3.05, 3.63) is 28.5 Å². The van der Waals surface area contributed by atoms with Crippen LogP contribution in [0.1, 0.15) is 26.0 Å². The summed E-state index contributed by atoms with van der Waals surface area (Å²) in [6, 6.07) is -0.0887. The van der Waals surface area contributed by atoms with E-state index in [1.807, 2.05) is 22.9 Å². The van der Waals surface area contributed by atoms with Gasteiger partial charge in [-0.15, -0.1) is 11.3 Å². The van der Waals surface area contributed by atoms with Crippen molar-refractivity contribution in [1.29, 1.82) is 0 Å². The quantitative estimate of drug-likeness (QED) is 0.833. The highest BCUT2D eigenvalue weighted by Gasteiger charge is 2.10. The number of fused-ring (bicyclic) bond motifs is 1. The van der Waals surface area contributed by atoms with Gasteiger partial charge in [-0.1, -0.05) is 11.6 Å². The number of carbonyl (C=O) groups is 1. The van der Waals surface area contributed by atoms with Crippen LogP contribution in [-0.4, -0.2) is 32.5 Å². The summed E-state index contributed by atoms with van der Waals surface area (Å²) in [5, 5.41) is 14.3. The van der Waals surface area contributed by atoms with E-state index in [0.29, 0.717) is 17.3 Å². The summed E-state index contributed by atoms with van der Waals surface area (Å²) in [5.41, 5.74) is 0.682. The second kappa shape index (κ2) is 6.39. The predicted octanol–water partition coefficient (Wildman–Crippen LogP) is 2.34. The van der Waals surface area contributed by atoms with Crippen molar-refractivity contribution in [1.82, 2.24) is 14.7 Å². The predicted molar refractivity (Wildman–Crippen MR) is 81.0 cm³/mol. The number of aromatic nitrogens is 2. The molecule has 0 saturated heterocycles. The van der Waals surface area contributed by atoms with Crippen LogP contribution in [0.3, 0.4) is 0 Å². The van der Waals surface area contributed by atoms with Gasteiger partial charge >= 0.3 is 0 Å². The minimum absolute atomic E-state index is 0.0887. The van der Waals surface area contributed by atoms with Gasteiger partial charge in [0, 0.05) is 23.7 Å². The highest BCUT2D eigenvalue weighted by atomic mass is 35.5. The van der Waals surface area contributed by atoms with Crippen LogP contribution >= 0.6 is 22.9 Å². The lowest BCUT2D eigenvalue weighted by Gasteiger charge is -2.13. The molecule has 0 saturated carbocycles. The Hall–Kier alpha value is -1.37. The number of halogens is 1. The molecular weight excluding hydrogens is 298 g/mol. The molecule has 0 aromatic carbocycles. The molecule has 0 bridgehead atoms. The third-order valence-corrected chi connectivity index (χ3v) is 3.76. The molecule has 0 aliphatic rings. The fraction of sp³-hybridized carbons (Fsp3) is 0.385. The van der Waals surface area contributed by atoms with E-state index in [2.05, 4.69) is 10.3 Å². The molecule has 2 atom stereocenters. The average molecular weight is 314 g/mol. The largest absolute Gasteiger partial charge is 0.393 e. The monoisotopic (exact) mass is 313 g/mol. The van der Waals surface area contributed by atoms with Crippen molar-refractivity contribution in [3.63, 3.8) is 0 Å². The van der Waals surface area contributed by atoms with Gasteiger partial charge in [0.25, 0.3) is 0 Å². The summed E-state index contributed by atoms with van der Waals surface area (Å²) < 4.78 is 1.83. The van der Waals surface area contributed by atoms with E-state index in [1.165, 1.54) is 17.4 Å². The Labute approximate surface area is 125 Å². The van der Waals surface area contributed by atoms with E-state index in [9.17, 15) is 9.90 Å². The van der Waals surface area contributed by atoms with Gasteiger partial charge in [-0.2, -0.15) is 0 Å². The van der Waals surface area contributed by atoms with Crippen molar-refractivity contribution in [2.75, 3.05) is 0 Å². The van der Waals surface area contributed by atoms with Gasteiger partial charge < -0.3 is 10.4 Å². The van der Waals surface area contributed by atoms with Gasteiger partial charge in [-0.3, -0.25) is 9.20 Å². The first-order valence-electron chi connectivity index (χ1n) is 6.25. The molecule has 2 heterocycles. The van der Waals surface area contributed by atoms with Crippen molar-refractivity contribution in [2.45, 2.75) is 32.4 Å². The van der Waals surface area contributed by atoms with E-state index in [1.54, 1.807) is 13.0 Å². The first-order valence-corrected chi connectivity index (χ1v) is 7.51. The number of nitrogens with one attached hydrogen (secondary N) is 1. The Morgan fingerprint density at radius 2 is 2.40 bits per heavy atom. The molecule has 5 nitrogen and oxygen atoms in total. The fourth-order valence-electron chi connectivity index (χ4n) is 1.94. The summed E-state index contributed by atoms with van der Waals surface area (Å²) in [5.74, 6) is -0.223. The topological polar surface area (TPSA) is 66.6 Å². The Balaban J connectivity index is 2.03. The van der Waals surface area contributed by atoms with Crippen LogP contribution in [0, 0.1) is 0 Å². The summed E-state index contributed by atoms with van der Waals surface area (Å²) in [6.45, 7) is 3.54. The van der Waals surface area contributed by atoms with Gasteiger partial charge in [0.05, 0.1) is 11.8 Å². The van der Waals surface area contributed by atoms with Crippen LogP contribution < -0.4 is 5.32 Å². The molecule has 1 amide bonds. The van der Waals surface area contributed by atoms with Crippen molar-refractivity contribution in [2.24, 2.45) is 0 Å². The smallest absolute Gasteiger partial charge is 0.244 e. The van der Waals surface area contributed by atoms with E-state index in [0.717, 1.165) is 4.96 Å². The lowest BCUT2D eigenvalue weighted by atomic mass is 10.1. The second-order valence-corrected chi connectivity index (χ2v) is 5.90. The molecule has 0 aliphatic heterocycles. The van der Waals surface area contributed by atoms with Gasteiger partial charge in [0.15, 0.2) is 10.1 Å². The van der Waals surface area contributed by atoms with E-state index < -0.39 is 6.10 Å². The van der Waals surface area contributed by atoms with Crippen LogP contribution in [0.25, 0.3) is 11.0 Å². The standard InChI is InChI=1S/C13H16ClN3O2S/c1-8(7-9(2)18)15-11(19)4-3-10-12(14)16-13-17(10)5-6-20-13/h3-6,8-9,18H,7H2,1-2H3,(H,15,19)/b4-3+. The zero-order chi connectivity index (χ0) is 14.7. The normalized spacial score (nSPS) is 14.8. The SMILES string of the molecule is CC(O)CC(C)NC(=O)/C=C/c1c(Cl)nc2sccn12. The summed E-state index contributed by atoms with van der Waals surface area (Å²) >= 11 is 7.50. The molecule has 0 spiro atoms. The number of aliphatic hydroxyl groups excluding tert-OH is 1. The number of amides is 1. The highest BCUT2D eigenvalue weighted by Crippen LogP contribution is 2.22. The molecule has 0 aliphatic carbocycles. The van der Waals surface area contributed by atoms with Crippen LogP contribution in [-0.2, 0) is 4.79 Å². The molecular formula is C13H16ClN3O2S. The molecule has 108 valence electrons. The Morgan fingerprint density at radius 1 is 1.65 bits per heavy atom. The third-order valence-electron chi connectivity index (χ3n) is 2.73. The summed E-state index contributed by atoms with van der Waals surface area (Å²) in [4.78, 5) is 16.7. The summed E-state index contributed by atoms with van der Waals surface area (Å²) in [7, 11) is 0. The molecule has 2 rings (SSSR count). The van der Waals surface area contributed by atoms with E-state index >= 15 is 0 Å². The number of carbonyl (C=O) groups excluding carboxylic acids is 1. The molecule has 0 radical (unpaired) electrons. The van der Waals surface area contributed by atoms with Gasteiger partial charge in [0.1, 0.15) is 0 Å². The molecule has 20 heavy (non-hydrogen) atoms. The molecule has 2 aromatic heterocycles. The third kappa shape index (κ3) is 3.59. The lowest BCUT2D eigenvalue weighted by Crippen LogP contribution is -2.33. The number of aliphatic hydroxyl groups is 1. The molecule has 0 fully saturated rings. The first kappa shape index (κ1) is 15.0. The Morgan fingerprint density at radius 3 is 3.10 bits per heavy atom. The Bertz CT molecular complexity index is 633. The molecule has 2 N–H and O–H groups in total. The van der Waals surface area contributed by atoms with Crippen molar-refractivity contribution in [3.8, 4) is 0 Å². The maximum atomic E-state index is 11.8. The van der Waals surface area contributed by atoms with Crippen molar-refractivity contribution < 1.29 is 9.90 Å². The number of hydrogen-bond donors (Lipinski definition) is 2. The van der Waals surface area contributed by atoms with E-state index in [-0.39, 0.29) is 11.9 Å². The lowest BCUT2D eigenvalue weighted by molar-refractivity contribution is -0.117. The maximum Gasteiger partial charge on any atom is 0.244 e. The number of imidazole rings is 1. The van der Waals surface area contributed by atoms with E-state index in [4.69, 9.17) is 11.6 Å². The zero-order valence-corrected chi connectivity index (χ0v) is 12.8. The Kier molecular flexibility index (Phi) is 4.80. The maximum absolute atomic E-state index is 11.8. The zero-order valence-electron chi connectivity index (χ0n) is 11.2. The number of hydrogen-bond acceptors (Lipinski definition) is 4. The molecule has 7 heteroatoms. The first-order chi connectivity index (χ1) is 9.47. The molecule has 2 unspecified atom stereocenters. The number of nitrogens with zero attached hydrogens (tertiary/aromatic N) is 2. The number of rotatable bonds is 5. The van der Waals surface area contributed by atoms with Crippen LogP contribution in [0.2, 0.25) is 5.15 Å². The minimum atomic E-state index is -0.441.